The van der Waals surface area contributed by atoms with Gasteiger partial charge in [-0.3, -0.25) is 9.44 Å². The summed E-state index contributed by atoms with van der Waals surface area (Å²) in [6.45, 7) is 4.16. The molecule has 0 spiro atoms. The molecule has 1 heterocycles. The van der Waals surface area contributed by atoms with Crippen molar-refractivity contribution in [3.63, 3.8) is 0 Å². The number of thiazole rings is 1. The monoisotopic (exact) mass is 451 g/mol. The SMILES string of the molecule is CCC(C)c1ccc(S(=O)(=O)Nc2ccc(S(=O)(=O)Nc3nccs3)cc2)cc1. The summed E-state index contributed by atoms with van der Waals surface area (Å²) < 4.78 is 54.7. The fourth-order valence-electron chi connectivity index (χ4n) is 2.58. The maximum atomic E-state index is 12.6. The standard InChI is InChI=1S/C19H21N3O4S3/c1-3-14(2)15-4-8-17(9-5-15)28(23,24)21-16-6-10-18(11-7-16)29(25,26)22-19-20-12-13-27-19/h4-14,21H,3H2,1-2H3,(H,20,22). The summed E-state index contributed by atoms with van der Waals surface area (Å²) in [5.74, 6) is 0.354. The van der Waals surface area contributed by atoms with Gasteiger partial charge < -0.3 is 0 Å². The van der Waals surface area contributed by atoms with E-state index in [1.807, 2.05) is 12.1 Å². The van der Waals surface area contributed by atoms with Crippen LogP contribution in [0.2, 0.25) is 0 Å². The van der Waals surface area contributed by atoms with Crippen LogP contribution in [0.5, 0.6) is 0 Å². The zero-order valence-corrected chi connectivity index (χ0v) is 18.3. The smallest absolute Gasteiger partial charge is 0.263 e. The van der Waals surface area contributed by atoms with Gasteiger partial charge in [-0.1, -0.05) is 26.0 Å². The van der Waals surface area contributed by atoms with Crippen LogP contribution in [0.4, 0.5) is 10.8 Å². The lowest BCUT2D eigenvalue weighted by Crippen LogP contribution is -2.14. The zero-order valence-electron chi connectivity index (χ0n) is 15.9. The summed E-state index contributed by atoms with van der Waals surface area (Å²) in [6.07, 6.45) is 2.47. The number of hydrogen-bond acceptors (Lipinski definition) is 6. The Morgan fingerprint density at radius 2 is 1.45 bits per heavy atom. The topological polar surface area (TPSA) is 105 Å². The van der Waals surface area contributed by atoms with Gasteiger partial charge in [-0.05, 0) is 54.3 Å². The Hall–Kier alpha value is -2.43. The highest BCUT2D eigenvalue weighted by Gasteiger charge is 2.18. The van der Waals surface area contributed by atoms with Crippen molar-refractivity contribution in [3.8, 4) is 0 Å². The van der Waals surface area contributed by atoms with Gasteiger partial charge in [-0.15, -0.1) is 11.3 Å². The third kappa shape index (κ3) is 5.14. The van der Waals surface area contributed by atoms with Crippen LogP contribution in [0.25, 0.3) is 0 Å². The van der Waals surface area contributed by atoms with Gasteiger partial charge in [0.2, 0.25) is 0 Å². The molecule has 0 fully saturated rings. The minimum absolute atomic E-state index is 0.00792. The van der Waals surface area contributed by atoms with E-state index in [1.165, 1.54) is 30.5 Å². The van der Waals surface area contributed by atoms with Gasteiger partial charge in [-0.25, -0.2) is 21.8 Å². The number of anilines is 2. The average Bonchev–Trinajstić information content (AvgIpc) is 3.20. The van der Waals surface area contributed by atoms with Gasteiger partial charge in [0.1, 0.15) is 0 Å². The van der Waals surface area contributed by atoms with Gasteiger partial charge in [0, 0.05) is 17.3 Å². The minimum atomic E-state index is -3.79. The summed E-state index contributed by atoms with van der Waals surface area (Å²) in [5, 5.41) is 1.92. The van der Waals surface area contributed by atoms with Crippen LogP contribution in [-0.2, 0) is 20.0 Å². The van der Waals surface area contributed by atoms with Crippen molar-refractivity contribution >= 4 is 42.2 Å². The first-order valence-corrected chi connectivity index (χ1v) is 12.7. The van der Waals surface area contributed by atoms with Crippen LogP contribution in [0.1, 0.15) is 31.7 Å². The Morgan fingerprint density at radius 1 is 0.897 bits per heavy atom. The molecule has 29 heavy (non-hydrogen) atoms. The molecule has 0 bridgehead atoms. The first kappa shape index (κ1) is 21.3. The van der Waals surface area contributed by atoms with Crippen LogP contribution in [-0.4, -0.2) is 21.8 Å². The second kappa shape index (κ2) is 8.52. The Labute approximate surface area is 174 Å². The van der Waals surface area contributed by atoms with E-state index in [0.717, 1.165) is 23.3 Å². The van der Waals surface area contributed by atoms with Crippen molar-refractivity contribution in [3.05, 3.63) is 65.7 Å². The first-order valence-electron chi connectivity index (χ1n) is 8.86. The summed E-state index contributed by atoms with van der Waals surface area (Å²) in [7, 11) is -7.57. The van der Waals surface area contributed by atoms with Crippen molar-refractivity contribution in [1.29, 1.82) is 0 Å². The molecule has 3 aromatic rings. The van der Waals surface area contributed by atoms with E-state index in [0.29, 0.717) is 5.92 Å². The molecule has 154 valence electrons. The van der Waals surface area contributed by atoms with Crippen LogP contribution >= 0.6 is 11.3 Å². The molecule has 0 aliphatic rings. The highest BCUT2D eigenvalue weighted by atomic mass is 32.2. The van der Waals surface area contributed by atoms with Gasteiger partial charge in [0.05, 0.1) is 9.79 Å². The molecule has 2 aromatic carbocycles. The molecular formula is C19H21N3O4S3. The Bertz CT molecular complexity index is 1160. The van der Waals surface area contributed by atoms with Gasteiger partial charge in [0.25, 0.3) is 20.0 Å². The third-order valence-corrected chi connectivity index (χ3v) is 8.01. The molecule has 2 N–H and O–H groups in total. The van der Waals surface area contributed by atoms with E-state index in [2.05, 4.69) is 28.3 Å². The Kier molecular flexibility index (Phi) is 6.25. The highest BCUT2D eigenvalue weighted by Crippen LogP contribution is 2.23. The normalized spacial score (nSPS) is 13.0. The molecule has 7 nitrogen and oxygen atoms in total. The molecule has 0 saturated heterocycles. The maximum Gasteiger partial charge on any atom is 0.263 e. The molecule has 3 rings (SSSR count). The first-order chi connectivity index (χ1) is 13.7. The number of rotatable bonds is 8. The largest absolute Gasteiger partial charge is 0.280 e. The average molecular weight is 452 g/mol. The predicted molar refractivity (Wildman–Crippen MR) is 115 cm³/mol. The summed E-state index contributed by atoms with van der Waals surface area (Å²) in [6, 6.07) is 12.2. The molecule has 0 aliphatic heterocycles. The number of nitrogens with one attached hydrogen (secondary N) is 2. The van der Waals surface area contributed by atoms with E-state index in [-0.39, 0.29) is 20.6 Å². The minimum Gasteiger partial charge on any atom is -0.280 e. The molecule has 1 aromatic heterocycles. The Morgan fingerprint density at radius 3 is 1.97 bits per heavy atom. The van der Waals surface area contributed by atoms with Crippen molar-refractivity contribution in [2.24, 2.45) is 0 Å². The molecule has 10 heteroatoms. The van der Waals surface area contributed by atoms with Crippen LogP contribution < -0.4 is 9.44 Å². The lowest BCUT2D eigenvalue weighted by atomic mass is 9.99. The summed E-state index contributed by atoms with van der Waals surface area (Å²) in [5.41, 5.74) is 1.35. The van der Waals surface area contributed by atoms with E-state index < -0.39 is 20.0 Å². The highest BCUT2D eigenvalue weighted by molar-refractivity contribution is 7.93. The number of hydrogen-bond donors (Lipinski definition) is 2. The fraction of sp³-hybridized carbons (Fsp3) is 0.211. The van der Waals surface area contributed by atoms with Crippen molar-refractivity contribution in [2.75, 3.05) is 9.44 Å². The van der Waals surface area contributed by atoms with Crippen molar-refractivity contribution < 1.29 is 16.8 Å². The lowest BCUT2D eigenvalue weighted by Gasteiger charge is -2.12. The second-order valence-corrected chi connectivity index (χ2v) is 10.7. The molecule has 1 unspecified atom stereocenters. The van der Waals surface area contributed by atoms with Gasteiger partial charge in [-0.2, -0.15) is 0 Å². The predicted octanol–water partition coefficient (Wildman–Crippen LogP) is 4.26. The van der Waals surface area contributed by atoms with E-state index in [9.17, 15) is 16.8 Å². The van der Waals surface area contributed by atoms with Crippen LogP contribution in [0.15, 0.2) is 69.9 Å². The Balaban J connectivity index is 1.74. The van der Waals surface area contributed by atoms with Crippen molar-refractivity contribution in [1.82, 2.24) is 4.98 Å². The maximum absolute atomic E-state index is 12.6. The molecule has 0 radical (unpaired) electrons. The molecule has 0 aliphatic carbocycles. The van der Waals surface area contributed by atoms with Gasteiger partial charge >= 0.3 is 0 Å². The molecule has 1 atom stereocenters. The van der Waals surface area contributed by atoms with Crippen LogP contribution in [0, 0.1) is 0 Å². The lowest BCUT2D eigenvalue weighted by molar-refractivity contribution is 0.600. The number of benzene rings is 2. The second-order valence-electron chi connectivity index (χ2n) is 6.45. The number of nitrogens with zero attached hydrogens (tertiary/aromatic N) is 1. The van der Waals surface area contributed by atoms with E-state index >= 15 is 0 Å². The third-order valence-electron chi connectivity index (χ3n) is 4.44. The fourth-order valence-corrected chi connectivity index (χ4v) is 5.42. The summed E-state index contributed by atoms with van der Waals surface area (Å²) >= 11 is 1.16. The molecule has 0 amide bonds. The quantitative estimate of drug-likeness (QED) is 0.532. The number of sulfonamides is 2. The molecular weight excluding hydrogens is 430 g/mol. The zero-order chi connectivity index (χ0) is 21.1. The van der Waals surface area contributed by atoms with Crippen LogP contribution in [0.3, 0.4) is 0 Å². The van der Waals surface area contributed by atoms with Crippen molar-refractivity contribution in [2.45, 2.75) is 36.0 Å². The number of aromatic nitrogens is 1. The van der Waals surface area contributed by atoms with E-state index in [1.54, 1.807) is 17.5 Å². The van der Waals surface area contributed by atoms with E-state index in [4.69, 9.17) is 0 Å². The van der Waals surface area contributed by atoms with Gasteiger partial charge in [0.15, 0.2) is 5.13 Å². The summed E-state index contributed by atoms with van der Waals surface area (Å²) in [4.78, 5) is 4.04. The molecule has 0 saturated carbocycles.